The lowest BCUT2D eigenvalue weighted by molar-refractivity contribution is 0.0224. The zero-order valence-electron chi connectivity index (χ0n) is 33.9. The Hall–Kier alpha value is -4.49. The molecule has 0 atom stereocenters. The highest BCUT2D eigenvalue weighted by Crippen LogP contribution is 2.57. The molecule has 3 aromatic carbocycles. The molecule has 0 saturated carbocycles. The van der Waals surface area contributed by atoms with E-state index in [0.717, 1.165) is 79.6 Å². The van der Waals surface area contributed by atoms with E-state index >= 15 is 0 Å². The minimum absolute atomic E-state index is 0.219. The summed E-state index contributed by atoms with van der Waals surface area (Å²) in [5.41, 5.74) is 1.39. The highest BCUT2D eigenvalue weighted by molar-refractivity contribution is 5.97. The van der Waals surface area contributed by atoms with E-state index in [1.54, 1.807) is 0 Å². The first-order chi connectivity index (χ1) is 26.6. The lowest BCUT2D eigenvalue weighted by atomic mass is 9.77. The molecule has 0 fully saturated rings. The van der Waals surface area contributed by atoms with Crippen LogP contribution in [0.2, 0.25) is 0 Å². The number of ether oxygens (including phenoxy) is 4. The molecule has 2 aliphatic heterocycles. The molecule has 2 heterocycles. The molecule has 294 valence electrons. The third-order valence-corrected chi connectivity index (χ3v) is 11.2. The van der Waals surface area contributed by atoms with E-state index in [4.69, 9.17) is 32.1 Å². The van der Waals surface area contributed by atoms with Gasteiger partial charge in [0.25, 0.3) is 0 Å². The van der Waals surface area contributed by atoms with Crippen molar-refractivity contribution in [2.24, 2.45) is 0 Å². The van der Waals surface area contributed by atoms with Crippen LogP contribution in [-0.4, -0.2) is 30.3 Å². The van der Waals surface area contributed by atoms with Crippen molar-refractivity contribution in [2.75, 3.05) is 13.2 Å². The molecule has 0 aliphatic carbocycles. The fourth-order valence-corrected chi connectivity index (χ4v) is 7.75. The van der Waals surface area contributed by atoms with Crippen LogP contribution in [0.1, 0.15) is 170 Å². The summed E-state index contributed by atoms with van der Waals surface area (Å²) in [5.74, 6) is 2.34. The zero-order chi connectivity index (χ0) is 39.2. The van der Waals surface area contributed by atoms with E-state index in [1.807, 2.05) is 88.4 Å². The van der Waals surface area contributed by atoms with Crippen molar-refractivity contribution in [3.05, 3.63) is 106 Å². The fourth-order valence-electron chi connectivity index (χ4n) is 7.75. The fraction of sp³-hybridized carbons (Fsp3) is 0.562. The van der Waals surface area contributed by atoms with Gasteiger partial charge in [-0.2, -0.15) is 0 Å². The van der Waals surface area contributed by atoms with Gasteiger partial charge in [-0.05, 0) is 56.0 Å². The molecule has 0 unspecified atom stereocenters. The lowest BCUT2D eigenvalue weighted by Crippen LogP contribution is -2.33. The smallest absolute Gasteiger partial charge is 0.340 e. The maximum Gasteiger partial charge on any atom is 0.340 e. The minimum atomic E-state index is -1.12. The average Bonchev–Trinajstić information content (AvgIpc) is 3.47. The molecule has 7 heteroatoms. The van der Waals surface area contributed by atoms with Gasteiger partial charge in [-0.25, -0.2) is 17.9 Å². The summed E-state index contributed by atoms with van der Waals surface area (Å²) in [7, 11) is 0. The van der Waals surface area contributed by atoms with Crippen LogP contribution in [0.4, 0.5) is 0 Å². The maximum absolute atomic E-state index is 13.3. The molecule has 3 aromatic rings. The van der Waals surface area contributed by atoms with Gasteiger partial charge in [-0.15, -0.1) is 0 Å². The molecule has 0 bridgehead atoms. The Morgan fingerprint density at radius 1 is 0.564 bits per heavy atom. The Morgan fingerprint density at radius 3 is 1.44 bits per heavy atom. The van der Waals surface area contributed by atoms with Gasteiger partial charge in [0.2, 0.25) is 11.1 Å². The van der Waals surface area contributed by atoms with Gasteiger partial charge in [-0.1, -0.05) is 95.2 Å². The summed E-state index contributed by atoms with van der Waals surface area (Å²) >= 11 is 0. The summed E-state index contributed by atoms with van der Waals surface area (Å²) in [5, 5.41) is 0. The molecule has 55 heavy (non-hydrogen) atoms. The molecule has 0 N–H and O–H groups in total. The number of hydrogen-bond acceptors (Lipinski definition) is 5. The summed E-state index contributed by atoms with van der Waals surface area (Å²) in [6, 6.07) is 19.3. The van der Waals surface area contributed by atoms with Crippen molar-refractivity contribution in [2.45, 2.75) is 160 Å². The Morgan fingerprint density at radius 2 is 0.982 bits per heavy atom. The highest BCUT2D eigenvalue weighted by atomic mass is 16.6. The van der Waals surface area contributed by atoms with E-state index in [1.165, 1.54) is 64.2 Å². The minimum Gasteiger partial charge on any atom is -0.493 e. The molecule has 0 saturated heterocycles. The van der Waals surface area contributed by atoms with Crippen molar-refractivity contribution in [1.82, 2.24) is 0 Å². The van der Waals surface area contributed by atoms with Crippen LogP contribution in [0.5, 0.6) is 23.0 Å². The first kappa shape index (κ1) is 41.7. The number of esters is 1. The predicted octanol–water partition coefficient (Wildman–Crippen LogP) is 13.4. The second kappa shape index (κ2) is 19.9. The van der Waals surface area contributed by atoms with E-state index < -0.39 is 5.60 Å². The third-order valence-electron chi connectivity index (χ3n) is 11.2. The van der Waals surface area contributed by atoms with E-state index in [2.05, 4.69) is 9.69 Å². The van der Waals surface area contributed by atoms with Gasteiger partial charge in [0, 0.05) is 69.4 Å². The molecule has 7 nitrogen and oxygen atoms in total. The van der Waals surface area contributed by atoms with Crippen LogP contribution in [0.15, 0.2) is 60.7 Å². The number of nitrogens with zero attached hydrogens (tertiary/aromatic N) is 2. The molecular weight excluding hydrogens is 685 g/mol. The Bertz CT molecular complexity index is 1700. The average molecular weight is 747 g/mol. The second-order valence-electron chi connectivity index (χ2n) is 16.7. The summed E-state index contributed by atoms with van der Waals surface area (Å²) in [4.78, 5) is 20.7. The van der Waals surface area contributed by atoms with Crippen LogP contribution in [-0.2, 0) is 10.3 Å². The molecule has 0 aromatic heterocycles. The monoisotopic (exact) mass is 746 g/mol. The Kier molecular flexibility index (Phi) is 15.1. The van der Waals surface area contributed by atoms with Gasteiger partial charge < -0.3 is 28.6 Å². The standard InChI is InChI=1S/C48H62N2O5/c1-46(2,49-5)31-21-15-11-7-9-13-17-23-33-52-37-27-29-41-43(35-37)54-44-36-38(53-34-24-18-14-10-8-12-16-22-32-47(3,4)50-6)28-30-42(44)48(41)40-26-20-19-25-39(40)45(51)55-48/h19-20,25-30,35-36H,7-18,21-24,31-34H2,1-4H3. The van der Waals surface area contributed by atoms with Gasteiger partial charge in [-0.3, -0.25) is 0 Å². The maximum atomic E-state index is 13.3. The van der Waals surface area contributed by atoms with Crippen molar-refractivity contribution in [3.8, 4) is 23.0 Å². The van der Waals surface area contributed by atoms with Gasteiger partial charge in [0.15, 0.2) is 5.60 Å². The normalized spacial score (nSPS) is 13.9. The highest BCUT2D eigenvalue weighted by Gasteiger charge is 2.53. The van der Waals surface area contributed by atoms with Crippen molar-refractivity contribution >= 4 is 5.97 Å². The number of fused-ring (bicyclic) bond motifs is 6. The molecule has 5 rings (SSSR count). The molecular formula is C48H62N2O5. The number of benzene rings is 3. The quantitative estimate of drug-likeness (QED) is 0.0519. The SMILES string of the molecule is [C-]#[N+]C(C)(C)CCCCCCCCCCOc1ccc2c(c1)Oc1cc(OCCCCCCCCCCC(C)(C)[N+]#[C-])ccc1C21OC(=O)c2ccccc21. The predicted molar refractivity (Wildman–Crippen MR) is 220 cm³/mol. The molecule has 1 spiro atoms. The summed E-state index contributed by atoms with van der Waals surface area (Å²) in [6.07, 6.45) is 20.7. The molecule has 0 radical (unpaired) electrons. The second-order valence-corrected chi connectivity index (χ2v) is 16.7. The van der Waals surface area contributed by atoms with E-state index in [9.17, 15) is 4.79 Å². The van der Waals surface area contributed by atoms with Gasteiger partial charge in [0.1, 0.15) is 23.0 Å². The van der Waals surface area contributed by atoms with Crippen LogP contribution < -0.4 is 14.2 Å². The lowest BCUT2D eigenvalue weighted by Gasteiger charge is -2.36. The number of carbonyl (C=O) groups excluding carboxylic acids is 1. The van der Waals surface area contributed by atoms with E-state index in [-0.39, 0.29) is 17.0 Å². The summed E-state index contributed by atoms with van der Waals surface area (Å²) in [6.45, 7) is 23.9. The van der Waals surface area contributed by atoms with E-state index in [0.29, 0.717) is 30.3 Å². The third kappa shape index (κ3) is 11.3. The largest absolute Gasteiger partial charge is 0.493 e. The Labute approximate surface area is 330 Å². The van der Waals surface area contributed by atoms with Crippen LogP contribution in [0, 0.1) is 13.1 Å². The van der Waals surface area contributed by atoms with Crippen molar-refractivity contribution in [3.63, 3.8) is 0 Å². The zero-order valence-corrected chi connectivity index (χ0v) is 33.9. The molecule has 2 aliphatic rings. The van der Waals surface area contributed by atoms with Gasteiger partial charge >= 0.3 is 5.97 Å². The first-order valence-electron chi connectivity index (χ1n) is 20.9. The topological polar surface area (TPSA) is 62.7 Å². The number of unbranched alkanes of at least 4 members (excludes halogenated alkanes) is 14. The van der Waals surface area contributed by atoms with Crippen LogP contribution >= 0.6 is 0 Å². The van der Waals surface area contributed by atoms with Crippen molar-refractivity contribution < 1.29 is 23.7 Å². The number of rotatable bonds is 24. The van der Waals surface area contributed by atoms with Crippen LogP contribution in [0.3, 0.4) is 0 Å². The van der Waals surface area contributed by atoms with Crippen molar-refractivity contribution in [1.29, 1.82) is 0 Å². The number of carbonyl (C=O) groups is 1. The molecule has 0 amide bonds. The first-order valence-corrected chi connectivity index (χ1v) is 20.9. The Balaban J connectivity index is 1.11. The van der Waals surface area contributed by atoms with Crippen LogP contribution in [0.25, 0.3) is 9.69 Å². The van der Waals surface area contributed by atoms with Gasteiger partial charge in [0.05, 0.1) is 18.8 Å². The summed E-state index contributed by atoms with van der Waals surface area (Å²) < 4.78 is 25.3. The number of hydrogen-bond donors (Lipinski definition) is 0.